The summed E-state index contributed by atoms with van der Waals surface area (Å²) in [5.74, 6) is -1.75. The molecule has 3 aliphatic heterocycles. The van der Waals surface area contributed by atoms with Crippen molar-refractivity contribution in [3.63, 3.8) is 0 Å². The monoisotopic (exact) mass is 685 g/mol. The second-order valence-electron chi connectivity index (χ2n) is 12.2. The Morgan fingerprint density at radius 1 is 0.867 bits per heavy atom. The van der Waals surface area contributed by atoms with Gasteiger partial charge in [-0.25, -0.2) is 0 Å². The van der Waals surface area contributed by atoms with Crippen molar-refractivity contribution in [1.82, 2.24) is 15.0 Å². The summed E-state index contributed by atoms with van der Waals surface area (Å²) < 4.78 is -0.0948. The fourth-order valence-electron chi connectivity index (χ4n) is 6.91. The minimum Gasteiger partial charge on any atom is -0.674 e. The molecule has 8 bridgehead atoms. The van der Waals surface area contributed by atoms with Gasteiger partial charge >= 0.3 is 29.0 Å². The number of hydrogen-bond acceptors (Lipinski definition) is 3. The Kier molecular flexibility index (Phi) is 9.14. The Morgan fingerprint density at radius 3 is 2.07 bits per heavy atom. The maximum absolute atomic E-state index is 11.6. The molecule has 1 spiro atoms. The topological polar surface area (TPSA) is 131 Å². The molecule has 8 nitrogen and oxygen atoms in total. The van der Waals surface area contributed by atoms with Gasteiger partial charge in [0.05, 0.1) is 0 Å². The van der Waals surface area contributed by atoms with Crippen molar-refractivity contribution in [2.45, 2.75) is 88.5 Å². The van der Waals surface area contributed by atoms with E-state index < -0.39 is 11.9 Å². The Bertz CT molecular complexity index is 2000. The van der Waals surface area contributed by atoms with Crippen LogP contribution in [0.15, 0.2) is 11.3 Å². The molecule has 1 fully saturated rings. The van der Waals surface area contributed by atoms with Crippen LogP contribution in [0.25, 0.3) is 29.6 Å². The number of aromatic nitrogens is 3. The van der Waals surface area contributed by atoms with E-state index in [9.17, 15) is 19.8 Å². The van der Waals surface area contributed by atoms with Gasteiger partial charge in [-0.2, -0.15) is 12.6 Å². The third kappa shape index (κ3) is 5.77. The summed E-state index contributed by atoms with van der Waals surface area (Å²) in [6.07, 6.45) is 8.72. The largest absolute Gasteiger partial charge is 4.00 e. The number of fused-ring (bicyclic) bond motifs is 9. The molecule has 0 amide bonds. The quantitative estimate of drug-likeness (QED) is 0.150. The van der Waals surface area contributed by atoms with E-state index in [2.05, 4.69) is 39.8 Å². The molecule has 3 aromatic rings. The molecule has 1 saturated heterocycles. The number of thiol groups is 2. The van der Waals surface area contributed by atoms with Gasteiger partial charge < -0.3 is 30.5 Å². The second kappa shape index (κ2) is 12.3. The van der Waals surface area contributed by atoms with Crippen molar-refractivity contribution in [2.75, 3.05) is 0 Å². The molecule has 3 aromatic heterocycles. The van der Waals surface area contributed by atoms with Crippen molar-refractivity contribution >= 4 is 60.6 Å². The van der Waals surface area contributed by atoms with Crippen LogP contribution in [0.3, 0.4) is 0 Å². The molecule has 4 atom stereocenters. The fourth-order valence-corrected chi connectivity index (χ4v) is 8.74. The molecular formula is C34H37FeN4O4S2+. The van der Waals surface area contributed by atoms with Crippen LogP contribution in [0, 0.1) is 20.8 Å². The molecule has 0 aliphatic carbocycles. The number of aliphatic carboxylic acids is 2. The van der Waals surface area contributed by atoms with E-state index in [0.717, 1.165) is 60.8 Å². The molecule has 0 radical (unpaired) electrons. The van der Waals surface area contributed by atoms with Gasteiger partial charge in [0.1, 0.15) is 0 Å². The smallest absolute Gasteiger partial charge is 0.674 e. The van der Waals surface area contributed by atoms with Crippen LogP contribution in [0.5, 0.6) is 0 Å². The molecule has 6 rings (SSSR count). The maximum Gasteiger partial charge on any atom is 4.00 e. The molecule has 2 N–H and O–H groups in total. The standard InChI is InChI=1S/C34H36N4O4S2.Fe/c1-15-21(7-9-31(39)40)27-13-28-22(8-10-32(41)42)16(2)25(36-28)14-30-34(20(6)44-34)18(4)26(38-30)12-29-33(19(5)43)17(3)24(37-29)11-23(15)35-27;/h11-14,19-20,30,43H,7-10H2,1-6H3,(H,39,40)(H,41,42);/q-4;+4/p+1/b24-11-,25-14-,28-13-,29-12-;/t19-,20-,30?,34+;/m0./s1. The molecular weight excluding hydrogens is 648 g/mol. The zero-order chi connectivity index (χ0) is 31.7. The van der Waals surface area contributed by atoms with Crippen molar-refractivity contribution in [3.8, 4) is 0 Å². The van der Waals surface area contributed by atoms with Crippen LogP contribution in [0.4, 0.5) is 0 Å². The molecule has 1 unspecified atom stereocenters. The number of carbonyl (C=O) groups is 2. The van der Waals surface area contributed by atoms with Gasteiger partial charge in [0.2, 0.25) is 0 Å². The van der Waals surface area contributed by atoms with E-state index in [1.165, 1.54) is 17.3 Å². The first-order chi connectivity index (χ1) is 20.8. The zero-order valence-corrected chi connectivity index (χ0v) is 29.0. The molecule has 3 aliphatic rings. The van der Waals surface area contributed by atoms with Crippen molar-refractivity contribution in [3.05, 3.63) is 82.8 Å². The normalized spacial score (nSPS) is 25.0. The summed E-state index contributed by atoms with van der Waals surface area (Å²) in [4.78, 5) is 38.3. The Morgan fingerprint density at radius 2 is 1.47 bits per heavy atom. The van der Waals surface area contributed by atoms with Crippen LogP contribution >= 0.6 is 12.6 Å². The molecule has 0 saturated carbocycles. The average molecular weight is 686 g/mol. The van der Waals surface area contributed by atoms with Gasteiger partial charge in [0.25, 0.3) is 0 Å². The number of carboxylic acids is 2. The first kappa shape index (κ1) is 33.4. The van der Waals surface area contributed by atoms with E-state index in [0.29, 0.717) is 29.1 Å². The first-order valence-corrected chi connectivity index (χ1v) is 16.4. The number of carboxylic acid groups (broad SMARTS) is 2. The van der Waals surface area contributed by atoms with Crippen LogP contribution < -0.4 is 36.3 Å². The Hall–Kier alpha value is -2.98. The molecule has 236 valence electrons. The number of hydrogen-bond donors (Lipinski definition) is 3. The fraction of sp³-hybridized carbons (Fsp3) is 0.412. The third-order valence-electron chi connectivity index (χ3n) is 9.50. The molecule has 45 heavy (non-hydrogen) atoms. The van der Waals surface area contributed by atoms with Gasteiger partial charge in [-0.3, -0.25) is 9.59 Å². The van der Waals surface area contributed by atoms with Crippen LogP contribution in [0.2, 0.25) is 0 Å². The minimum absolute atomic E-state index is 0. The summed E-state index contributed by atoms with van der Waals surface area (Å²) in [7, 11) is 0. The number of allylic oxidation sites excluding steroid dienone is 1. The SMILES string of the molecule is CC1=C2/C=c3\[n-]/c(c(C)c3[C@H](C)S)=C\c3[n-]c(c(CCC(=O)O)c3C)/C=c3\[n-]/c(c(C)c3CCC(=O)O)=C\C([N-]2)[C@@]12[SH+][C@H]2C.[Fe+4]. The van der Waals surface area contributed by atoms with Crippen LogP contribution in [-0.2, 0) is 51.3 Å². The zero-order valence-electron chi connectivity index (χ0n) is 26.1. The number of nitrogens with zero attached hydrogens (tertiary/aromatic N) is 4. The van der Waals surface area contributed by atoms with E-state index >= 15 is 0 Å². The minimum atomic E-state index is -0.881. The van der Waals surface area contributed by atoms with Crippen LogP contribution in [-0.4, -0.2) is 38.2 Å². The van der Waals surface area contributed by atoms with E-state index in [4.69, 9.17) is 32.9 Å². The van der Waals surface area contributed by atoms with Gasteiger partial charge in [-0.1, -0.05) is 46.0 Å². The first-order valence-electron chi connectivity index (χ1n) is 15.0. The Balaban J connectivity index is 0.00000400. The molecule has 11 heteroatoms. The second-order valence-corrected chi connectivity index (χ2v) is 14.7. The van der Waals surface area contributed by atoms with Gasteiger partial charge in [-0.15, -0.1) is 44.6 Å². The maximum atomic E-state index is 11.6. The summed E-state index contributed by atoms with van der Waals surface area (Å²) in [6.45, 7) is 12.5. The predicted octanol–water partition coefficient (Wildman–Crippen LogP) is 1.72. The summed E-state index contributed by atoms with van der Waals surface area (Å²) >= 11 is 6.15. The van der Waals surface area contributed by atoms with Gasteiger partial charge in [0, 0.05) is 18.1 Å². The number of rotatable bonds is 7. The van der Waals surface area contributed by atoms with E-state index in [1.54, 1.807) is 0 Å². The average Bonchev–Trinajstić information content (AvgIpc) is 3.08. The van der Waals surface area contributed by atoms with E-state index in [-0.39, 0.29) is 45.9 Å². The molecule has 0 aromatic carbocycles. The summed E-state index contributed by atoms with van der Waals surface area (Å²) in [5, 5.41) is 27.8. The Labute approximate surface area is 282 Å². The van der Waals surface area contributed by atoms with Gasteiger partial charge in [0.15, 0.2) is 10.00 Å². The summed E-state index contributed by atoms with van der Waals surface area (Å²) in [6, 6.07) is -0.108. The van der Waals surface area contributed by atoms with Crippen molar-refractivity contribution < 1.29 is 36.9 Å². The van der Waals surface area contributed by atoms with Crippen molar-refractivity contribution in [2.24, 2.45) is 0 Å². The third-order valence-corrected chi connectivity index (χ3v) is 11.7. The molecule has 6 heterocycles. The van der Waals surface area contributed by atoms with Crippen LogP contribution in [0.1, 0.15) is 83.6 Å². The summed E-state index contributed by atoms with van der Waals surface area (Å²) in [5.41, 5.74) is 9.21. The van der Waals surface area contributed by atoms with E-state index in [1.807, 2.05) is 26.0 Å². The van der Waals surface area contributed by atoms with Crippen molar-refractivity contribution in [1.29, 1.82) is 0 Å². The predicted molar refractivity (Wildman–Crippen MR) is 178 cm³/mol. The van der Waals surface area contributed by atoms with Gasteiger partial charge in [-0.05, 0) is 83.3 Å².